The first-order chi connectivity index (χ1) is 12.2. The molecule has 2 rings (SSSR count). The molecule has 0 bridgehead atoms. The minimum absolute atomic E-state index is 0. The number of likely N-dealkylation sites (tertiary alicyclic amines) is 1. The molecule has 152 valence electrons. The Balaban J connectivity index is 0.00000338. The highest BCUT2D eigenvalue weighted by molar-refractivity contribution is 14.0. The monoisotopic (exact) mass is 480 g/mol. The van der Waals surface area contributed by atoms with Crippen molar-refractivity contribution in [2.45, 2.75) is 51.2 Å². The van der Waals surface area contributed by atoms with E-state index >= 15 is 0 Å². The zero-order chi connectivity index (χ0) is 17.9. The van der Waals surface area contributed by atoms with Gasteiger partial charge in [0, 0.05) is 59.1 Å². The molecule has 26 heavy (non-hydrogen) atoms. The highest BCUT2D eigenvalue weighted by Gasteiger charge is 2.19. The molecule has 2 heterocycles. The topological polar surface area (TPSA) is 58.1 Å². The molecule has 0 saturated carbocycles. The Morgan fingerprint density at radius 2 is 1.92 bits per heavy atom. The lowest BCUT2D eigenvalue weighted by atomic mass is 10.0. The number of nitrogens with one attached hydrogen (secondary N) is 2. The van der Waals surface area contributed by atoms with Crippen LogP contribution in [-0.2, 0) is 9.47 Å². The van der Waals surface area contributed by atoms with Crippen molar-refractivity contribution >= 4 is 29.9 Å². The zero-order valence-corrected chi connectivity index (χ0v) is 18.8. The predicted molar refractivity (Wildman–Crippen MR) is 119 cm³/mol. The third-order valence-electron chi connectivity index (χ3n) is 4.78. The van der Waals surface area contributed by atoms with Crippen molar-refractivity contribution in [3.63, 3.8) is 0 Å². The standard InChI is InChI=1S/C19H36N4O2.HI/c1-16(2)15-23-10-5-17(6-11-23)22-19(20-3)21-9-4-12-25-18-7-13-24-14-8-18;/h17-18H,1,4-15H2,2-3H3,(H2,20,21,22);1H. The third kappa shape index (κ3) is 9.53. The van der Waals surface area contributed by atoms with Crippen LogP contribution in [0.25, 0.3) is 0 Å². The Bertz CT molecular complexity index is 420. The molecule has 2 aliphatic rings. The number of piperidine rings is 1. The Morgan fingerprint density at radius 3 is 2.54 bits per heavy atom. The van der Waals surface area contributed by atoms with Crippen molar-refractivity contribution in [2.75, 3.05) is 53.0 Å². The number of guanidine groups is 1. The van der Waals surface area contributed by atoms with Crippen molar-refractivity contribution in [1.82, 2.24) is 15.5 Å². The van der Waals surface area contributed by atoms with Crippen molar-refractivity contribution < 1.29 is 9.47 Å². The van der Waals surface area contributed by atoms with E-state index in [2.05, 4.69) is 34.0 Å². The highest BCUT2D eigenvalue weighted by atomic mass is 127. The molecule has 2 N–H and O–H groups in total. The summed E-state index contributed by atoms with van der Waals surface area (Å²) in [6, 6.07) is 0.506. The van der Waals surface area contributed by atoms with Gasteiger partial charge in [-0.3, -0.25) is 9.89 Å². The van der Waals surface area contributed by atoms with Gasteiger partial charge in [-0.1, -0.05) is 12.2 Å². The van der Waals surface area contributed by atoms with Crippen molar-refractivity contribution in [1.29, 1.82) is 0 Å². The smallest absolute Gasteiger partial charge is 0.191 e. The van der Waals surface area contributed by atoms with Crippen molar-refractivity contribution in [2.24, 2.45) is 4.99 Å². The second-order valence-electron chi connectivity index (χ2n) is 7.19. The van der Waals surface area contributed by atoms with Crippen LogP contribution in [0.1, 0.15) is 39.0 Å². The van der Waals surface area contributed by atoms with E-state index < -0.39 is 0 Å². The average Bonchev–Trinajstić information content (AvgIpc) is 2.62. The van der Waals surface area contributed by atoms with Gasteiger partial charge in [-0.15, -0.1) is 24.0 Å². The largest absolute Gasteiger partial charge is 0.381 e. The maximum Gasteiger partial charge on any atom is 0.191 e. The highest BCUT2D eigenvalue weighted by Crippen LogP contribution is 2.12. The molecule has 7 heteroatoms. The molecule has 2 aliphatic heterocycles. The van der Waals surface area contributed by atoms with Crippen LogP contribution in [0.5, 0.6) is 0 Å². The SMILES string of the molecule is C=C(C)CN1CCC(NC(=NC)NCCCOC2CCOCC2)CC1.I. The molecule has 0 amide bonds. The number of nitrogens with zero attached hydrogens (tertiary/aromatic N) is 2. The molecule has 2 saturated heterocycles. The fourth-order valence-electron chi connectivity index (χ4n) is 3.38. The number of rotatable bonds is 8. The summed E-state index contributed by atoms with van der Waals surface area (Å²) in [5.74, 6) is 0.907. The number of aliphatic imine (C=N–C) groups is 1. The zero-order valence-electron chi connectivity index (χ0n) is 16.5. The van der Waals surface area contributed by atoms with Crippen LogP contribution in [0.2, 0.25) is 0 Å². The average molecular weight is 480 g/mol. The van der Waals surface area contributed by atoms with Gasteiger partial charge >= 0.3 is 0 Å². The molecule has 0 aromatic rings. The van der Waals surface area contributed by atoms with E-state index in [1.54, 1.807) is 0 Å². The number of ether oxygens (including phenoxy) is 2. The number of hydrogen-bond acceptors (Lipinski definition) is 4. The second kappa shape index (κ2) is 13.7. The van der Waals surface area contributed by atoms with Gasteiger partial charge in [0.2, 0.25) is 0 Å². The first-order valence-electron chi connectivity index (χ1n) is 9.70. The molecule has 6 nitrogen and oxygen atoms in total. The van der Waals surface area contributed by atoms with Crippen molar-refractivity contribution in [3.8, 4) is 0 Å². The fourth-order valence-corrected chi connectivity index (χ4v) is 3.38. The molecule has 0 unspecified atom stereocenters. The van der Waals surface area contributed by atoms with Crippen LogP contribution < -0.4 is 10.6 Å². The molecule has 0 aromatic heterocycles. The minimum Gasteiger partial charge on any atom is -0.381 e. The number of halogens is 1. The molecule has 0 aromatic carbocycles. The Hall–Kier alpha value is -0.380. The minimum atomic E-state index is 0. The Morgan fingerprint density at radius 1 is 1.23 bits per heavy atom. The normalized spacial score (nSPS) is 20.5. The van der Waals surface area contributed by atoms with Gasteiger partial charge < -0.3 is 20.1 Å². The molecule has 0 atom stereocenters. The van der Waals surface area contributed by atoms with E-state index in [1.807, 2.05) is 7.05 Å². The summed E-state index contributed by atoms with van der Waals surface area (Å²) in [6.07, 6.45) is 5.74. The molecular formula is C19H37IN4O2. The van der Waals surface area contributed by atoms with Gasteiger partial charge in [0.15, 0.2) is 5.96 Å². The predicted octanol–water partition coefficient (Wildman–Crippen LogP) is 2.40. The Labute approximate surface area is 176 Å². The van der Waals surface area contributed by atoms with Crippen molar-refractivity contribution in [3.05, 3.63) is 12.2 Å². The first kappa shape index (κ1) is 23.7. The van der Waals surface area contributed by atoms with Crippen LogP contribution in [0.4, 0.5) is 0 Å². The van der Waals surface area contributed by atoms with Gasteiger partial charge in [-0.2, -0.15) is 0 Å². The van der Waals surface area contributed by atoms with Gasteiger partial charge in [-0.25, -0.2) is 0 Å². The molecule has 0 radical (unpaired) electrons. The lowest BCUT2D eigenvalue weighted by molar-refractivity contribution is -0.0320. The van der Waals surface area contributed by atoms with Crippen LogP contribution in [0.15, 0.2) is 17.1 Å². The summed E-state index contributed by atoms with van der Waals surface area (Å²) in [5.41, 5.74) is 1.24. The summed E-state index contributed by atoms with van der Waals surface area (Å²) < 4.78 is 11.2. The number of hydrogen-bond donors (Lipinski definition) is 2. The lowest BCUT2D eigenvalue weighted by Crippen LogP contribution is -2.49. The van der Waals surface area contributed by atoms with E-state index in [9.17, 15) is 0 Å². The lowest BCUT2D eigenvalue weighted by Gasteiger charge is -2.33. The van der Waals surface area contributed by atoms with E-state index in [0.717, 1.165) is 84.1 Å². The fraction of sp³-hybridized carbons (Fsp3) is 0.842. The maximum atomic E-state index is 5.90. The molecule has 2 fully saturated rings. The van der Waals surface area contributed by atoms with Crippen LogP contribution in [-0.4, -0.2) is 76.1 Å². The molecule has 0 spiro atoms. The maximum absolute atomic E-state index is 5.90. The van der Waals surface area contributed by atoms with E-state index in [-0.39, 0.29) is 24.0 Å². The summed E-state index contributed by atoms with van der Waals surface area (Å²) in [4.78, 5) is 6.82. The molecule has 0 aliphatic carbocycles. The summed E-state index contributed by atoms with van der Waals surface area (Å²) in [6.45, 7) is 12.7. The van der Waals surface area contributed by atoms with E-state index in [1.165, 1.54) is 5.57 Å². The van der Waals surface area contributed by atoms with Crippen LogP contribution in [0.3, 0.4) is 0 Å². The van der Waals surface area contributed by atoms with Gasteiger partial charge in [0.25, 0.3) is 0 Å². The van der Waals surface area contributed by atoms with Gasteiger partial charge in [0.1, 0.15) is 0 Å². The van der Waals surface area contributed by atoms with Crippen LogP contribution >= 0.6 is 24.0 Å². The molecular weight excluding hydrogens is 443 g/mol. The summed E-state index contributed by atoms with van der Waals surface area (Å²) in [5, 5.41) is 6.96. The summed E-state index contributed by atoms with van der Waals surface area (Å²) in [7, 11) is 1.84. The Kier molecular flexibility index (Phi) is 12.5. The second-order valence-corrected chi connectivity index (χ2v) is 7.19. The quantitative estimate of drug-likeness (QED) is 0.184. The van der Waals surface area contributed by atoms with E-state index in [4.69, 9.17) is 9.47 Å². The van der Waals surface area contributed by atoms with Gasteiger partial charge in [-0.05, 0) is 39.0 Å². The van der Waals surface area contributed by atoms with Crippen LogP contribution in [0, 0.1) is 0 Å². The first-order valence-corrected chi connectivity index (χ1v) is 9.70. The third-order valence-corrected chi connectivity index (χ3v) is 4.78. The van der Waals surface area contributed by atoms with E-state index in [0.29, 0.717) is 12.1 Å². The summed E-state index contributed by atoms with van der Waals surface area (Å²) >= 11 is 0. The van der Waals surface area contributed by atoms with Gasteiger partial charge in [0.05, 0.1) is 6.10 Å².